The summed E-state index contributed by atoms with van der Waals surface area (Å²) in [5.41, 5.74) is -0.0132. The van der Waals surface area contributed by atoms with Crippen molar-refractivity contribution in [3.8, 4) is 0 Å². The number of fused-ring (bicyclic) bond motifs is 2. The SMILES string of the molecule is OCC(O)(c1cccc2ccccc12)c1cccc2ccccc12. The van der Waals surface area contributed by atoms with Gasteiger partial charge in [-0.05, 0) is 32.7 Å². The standard InChI is InChI=1S/C22H18O2/c23-15-22(24,20-13-5-9-16-7-1-3-11-18(16)20)21-14-6-10-17-8-2-4-12-19(17)21/h1-14,23-24H,15H2. The summed E-state index contributed by atoms with van der Waals surface area (Å²) in [5, 5.41) is 25.7. The molecule has 0 spiro atoms. The Labute approximate surface area is 140 Å². The first-order valence-electron chi connectivity index (χ1n) is 8.04. The quantitative estimate of drug-likeness (QED) is 0.594. The van der Waals surface area contributed by atoms with Crippen molar-refractivity contribution in [3.05, 3.63) is 96.1 Å². The van der Waals surface area contributed by atoms with Gasteiger partial charge in [0, 0.05) is 0 Å². The molecule has 0 fully saturated rings. The number of rotatable bonds is 3. The Bertz CT molecular complexity index is 930. The van der Waals surface area contributed by atoms with Crippen molar-refractivity contribution in [3.63, 3.8) is 0 Å². The van der Waals surface area contributed by atoms with Gasteiger partial charge in [-0.1, -0.05) is 84.9 Å². The topological polar surface area (TPSA) is 40.5 Å². The molecule has 0 unspecified atom stereocenters. The molecule has 0 radical (unpaired) electrons. The van der Waals surface area contributed by atoms with Crippen LogP contribution in [-0.2, 0) is 5.60 Å². The minimum Gasteiger partial charge on any atom is -0.393 e. The molecular formula is C22H18O2. The van der Waals surface area contributed by atoms with E-state index in [0.717, 1.165) is 32.7 Å². The Balaban J connectivity index is 2.05. The summed E-state index contributed by atoms with van der Waals surface area (Å²) in [7, 11) is 0. The molecule has 2 nitrogen and oxygen atoms in total. The van der Waals surface area contributed by atoms with E-state index in [0.29, 0.717) is 0 Å². The van der Waals surface area contributed by atoms with E-state index in [9.17, 15) is 10.2 Å². The third kappa shape index (κ3) is 2.20. The van der Waals surface area contributed by atoms with Crippen LogP contribution in [-0.4, -0.2) is 16.8 Å². The molecule has 2 heteroatoms. The van der Waals surface area contributed by atoms with Crippen LogP contribution in [0.5, 0.6) is 0 Å². The number of aliphatic hydroxyl groups excluding tert-OH is 1. The Morgan fingerprint density at radius 3 is 1.46 bits per heavy atom. The second-order valence-corrected chi connectivity index (χ2v) is 6.07. The molecule has 0 amide bonds. The molecule has 0 aliphatic carbocycles. The highest BCUT2D eigenvalue weighted by atomic mass is 16.3. The third-order valence-electron chi connectivity index (χ3n) is 4.70. The van der Waals surface area contributed by atoms with Crippen molar-refractivity contribution >= 4 is 21.5 Å². The van der Waals surface area contributed by atoms with Gasteiger partial charge in [0.1, 0.15) is 5.60 Å². The lowest BCUT2D eigenvalue weighted by atomic mass is 9.82. The minimum absolute atomic E-state index is 0.380. The number of hydrogen-bond acceptors (Lipinski definition) is 2. The van der Waals surface area contributed by atoms with E-state index >= 15 is 0 Å². The van der Waals surface area contributed by atoms with Gasteiger partial charge in [0.2, 0.25) is 0 Å². The van der Waals surface area contributed by atoms with E-state index in [4.69, 9.17) is 0 Å². The van der Waals surface area contributed by atoms with Crippen molar-refractivity contribution in [1.82, 2.24) is 0 Å². The zero-order valence-corrected chi connectivity index (χ0v) is 13.2. The average Bonchev–Trinajstić information content (AvgIpc) is 2.66. The molecule has 0 atom stereocenters. The predicted octanol–water partition coefficient (Wildman–Crippen LogP) is 4.22. The Hall–Kier alpha value is -2.68. The third-order valence-corrected chi connectivity index (χ3v) is 4.70. The van der Waals surface area contributed by atoms with Gasteiger partial charge in [0.05, 0.1) is 6.61 Å². The molecule has 4 rings (SSSR count). The molecule has 24 heavy (non-hydrogen) atoms. The summed E-state index contributed by atoms with van der Waals surface area (Å²) >= 11 is 0. The summed E-state index contributed by atoms with van der Waals surface area (Å²) in [6, 6.07) is 27.5. The van der Waals surface area contributed by atoms with Crippen LogP contribution in [0.1, 0.15) is 11.1 Å². The maximum atomic E-state index is 11.5. The summed E-state index contributed by atoms with van der Waals surface area (Å²) in [4.78, 5) is 0. The van der Waals surface area contributed by atoms with Crippen LogP contribution >= 0.6 is 0 Å². The molecule has 2 N–H and O–H groups in total. The zero-order valence-electron chi connectivity index (χ0n) is 13.2. The first kappa shape index (κ1) is 14.9. The van der Waals surface area contributed by atoms with Gasteiger partial charge in [0.25, 0.3) is 0 Å². The Kier molecular flexibility index (Phi) is 3.57. The first-order valence-corrected chi connectivity index (χ1v) is 8.04. The molecule has 0 saturated heterocycles. The highest BCUT2D eigenvalue weighted by Gasteiger charge is 2.33. The Morgan fingerprint density at radius 2 is 1.00 bits per heavy atom. The summed E-state index contributed by atoms with van der Waals surface area (Å²) < 4.78 is 0. The van der Waals surface area contributed by atoms with Gasteiger partial charge in [-0.3, -0.25) is 0 Å². The largest absolute Gasteiger partial charge is 0.393 e. The zero-order chi connectivity index (χ0) is 16.6. The number of hydrogen-bond donors (Lipinski definition) is 2. The van der Waals surface area contributed by atoms with Gasteiger partial charge in [-0.2, -0.15) is 0 Å². The van der Waals surface area contributed by atoms with E-state index in [1.165, 1.54) is 0 Å². The molecule has 0 aromatic heterocycles. The molecular weight excluding hydrogens is 296 g/mol. The molecule has 4 aromatic rings. The molecule has 0 aliphatic rings. The predicted molar refractivity (Wildman–Crippen MR) is 98.0 cm³/mol. The lowest BCUT2D eigenvalue weighted by Crippen LogP contribution is -2.32. The summed E-state index contributed by atoms with van der Waals surface area (Å²) in [6.07, 6.45) is 0. The molecule has 118 valence electrons. The number of benzene rings is 4. The van der Waals surface area contributed by atoms with Crippen molar-refractivity contribution in [2.24, 2.45) is 0 Å². The maximum Gasteiger partial charge on any atom is 0.139 e. The number of aliphatic hydroxyl groups is 2. The fourth-order valence-corrected chi connectivity index (χ4v) is 3.49. The Morgan fingerprint density at radius 1 is 0.583 bits per heavy atom. The van der Waals surface area contributed by atoms with Gasteiger partial charge >= 0.3 is 0 Å². The van der Waals surface area contributed by atoms with Crippen LogP contribution in [0.4, 0.5) is 0 Å². The van der Waals surface area contributed by atoms with E-state index < -0.39 is 5.60 Å². The van der Waals surface area contributed by atoms with Crippen molar-refractivity contribution in [2.45, 2.75) is 5.60 Å². The average molecular weight is 314 g/mol. The van der Waals surface area contributed by atoms with Crippen LogP contribution in [0.25, 0.3) is 21.5 Å². The van der Waals surface area contributed by atoms with Crippen LogP contribution in [0, 0.1) is 0 Å². The fourth-order valence-electron chi connectivity index (χ4n) is 3.49. The van der Waals surface area contributed by atoms with E-state index in [1.807, 2.05) is 84.9 Å². The summed E-state index contributed by atoms with van der Waals surface area (Å²) in [5.74, 6) is 0. The van der Waals surface area contributed by atoms with Gasteiger partial charge in [-0.25, -0.2) is 0 Å². The molecule has 4 aromatic carbocycles. The highest BCUT2D eigenvalue weighted by molar-refractivity contribution is 5.90. The van der Waals surface area contributed by atoms with E-state index in [-0.39, 0.29) is 6.61 Å². The van der Waals surface area contributed by atoms with E-state index in [2.05, 4.69) is 0 Å². The van der Waals surface area contributed by atoms with Gasteiger partial charge < -0.3 is 10.2 Å². The normalized spacial score (nSPS) is 11.9. The lowest BCUT2D eigenvalue weighted by Gasteiger charge is -2.29. The molecule has 0 aliphatic heterocycles. The fraction of sp³-hybridized carbons (Fsp3) is 0.0909. The van der Waals surface area contributed by atoms with Crippen LogP contribution in [0.2, 0.25) is 0 Å². The second kappa shape index (κ2) is 5.75. The van der Waals surface area contributed by atoms with Crippen molar-refractivity contribution in [2.75, 3.05) is 6.61 Å². The van der Waals surface area contributed by atoms with Gasteiger partial charge in [-0.15, -0.1) is 0 Å². The van der Waals surface area contributed by atoms with Crippen LogP contribution in [0.3, 0.4) is 0 Å². The summed E-state index contributed by atoms with van der Waals surface area (Å²) in [6.45, 7) is -0.380. The van der Waals surface area contributed by atoms with Crippen molar-refractivity contribution in [1.29, 1.82) is 0 Å². The van der Waals surface area contributed by atoms with Crippen LogP contribution in [0.15, 0.2) is 84.9 Å². The minimum atomic E-state index is -1.46. The second-order valence-electron chi connectivity index (χ2n) is 6.07. The first-order chi connectivity index (χ1) is 11.7. The molecule has 0 saturated carbocycles. The highest BCUT2D eigenvalue weighted by Crippen LogP contribution is 2.37. The molecule has 0 heterocycles. The van der Waals surface area contributed by atoms with Crippen molar-refractivity contribution < 1.29 is 10.2 Å². The van der Waals surface area contributed by atoms with E-state index in [1.54, 1.807) is 0 Å². The molecule has 0 bridgehead atoms. The smallest absolute Gasteiger partial charge is 0.139 e. The maximum absolute atomic E-state index is 11.5. The lowest BCUT2D eigenvalue weighted by molar-refractivity contribution is 0.0197. The monoisotopic (exact) mass is 314 g/mol. The van der Waals surface area contributed by atoms with Gasteiger partial charge in [0.15, 0.2) is 0 Å². The van der Waals surface area contributed by atoms with Crippen LogP contribution < -0.4 is 0 Å².